The Hall–Kier alpha value is -1.08. The Morgan fingerprint density at radius 3 is 2.71 bits per heavy atom. The molecule has 3 aliphatic carbocycles. The number of benzene rings is 1. The molecule has 1 heteroatoms. The molecular weight excluding hydrogens is 256 g/mol. The molecule has 0 unspecified atom stereocenters. The normalized spacial score (nSPS) is 38.0. The van der Waals surface area contributed by atoms with Gasteiger partial charge in [0, 0.05) is 5.41 Å². The zero-order chi connectivity index (χ0) is 14.8. The van der Waals surface area contributed by atoms with Crippen molar-refractivity contribution in [2.45, 2.75) is 70.8 Å². The molecule has 0 saturated heterocycles. The highest BCUT2D eigenvalue weighted by Gasteiger charge is 2.50. The number of fused-ring (bicyclic) bond motifs is 4. The van der Waals surface area contributed by atoms with Gasteiger partial charge in [0.15, 0.2) is 0 Å². The number of hydrogen-bond acceptors (Lipinski definition) is 1. The van der Waals surface area contributed by atoms with E-state index in [-0.39, 0.29) is 16.9 Å². The van der Waals surface area contributed by atoms with Gasteiger partial charge in [0.1, 0.15) is 0 Å². The van der Waals surface area contributed by atoms with E-state index in [1.807, 2.05) is 0 Å². The summed E-state index contributed by atoms with van der Waals surface area (Å²) in [6, 6.07) is 7.03. The summed E-state index contributed by atoms with van der Waals surface area (Å²) in [5.74, 6) is 0. The third-order valence-corrected chi connectivity index (χ3v) is 6.56. The summed E-state index contributed by atoms with van der Waals surface area (Å²) >= 11 is 0. The topological polar surface area (TPSA) is 20.2 Å². The van der Waals surface area contributed by atoms with Crippen LogP contribution in [0, 0.1) is 12.3 Å². The minimum atomic E-state index is -0.112. The van der Waals surface area contributed by atoms with Crippen molar-refractivity contribution in [2.24, 2.45) is 5.41 Å². The maximum atomic E-state index is 10.2. The van der Waals surface area contributed by atoms with Gasteiger partial charge in [-0.15, -0.1) is 0 Å². The second-order valence-electron chi connectivity index (χ2n) is 8.07. The van der Waals surface area contributed by atoms with Crippen LogP contribution >= 0.6 is 0 Å². The van der Waals surface area contributed by atoms with Crippen molar-refractivity contribution in [1.29, 1.82) is 0 Å². The van der Waals surface area contributed by atoms with E-state index in [1.54, 1.807) is 22.3 Å². The lowest BCUT2D eigenvalue weighted by atomic mass is 9.56. The molecule has 1 aromatic carbocycles. The van der Waals surface area contributed by atoms with E-state index in [2.05, 4.69) is 39.0 Å². The molecule has 1 saturated carbocycles. The Labute approximate surface area is 128 Å². The second-order valence-corrected chi connectivity index (χ2v) is 8.07. The highest BCUT2D eigenvalue weighted by molar-refractivity contribution is 5.51. The minimum Gasteiger partial charge on any atom is -0.393 e. The van der Waals surface area contributed by atoms with Gasteiger partial charge in [-0.05, 0) is 62.0 Å². The summed E-state index contributed by atoms with van der Waals surface area (Å²) < 4.78 is 0. The molecule has 4 rings (SSSR count). The number of aliphatic hydroxyl groups excluding tert-OH is 1. The van der Waals surface area contributed by atoms with Gasteiger partial charge >= 0.3 is 0 Å². The van der Waals surface area contributed by atoms with E-state index in [1.165, 1.54) is 31.2 Å². The monoisotopic (exact) mass is 282 g/mol. The van der Waals surface area contributed by atoms with Crippen molar-refractivity contribution in [3.05, 3.63) is 46.0 Å². The molecule has 112 valence electrons. The minimum absolute atomic E-state index is 0.112. The van der Waals surface area contributed by atoms with Crippen LogP contribution in [-0.2, 0) is 11.8 Å². The zero-order valence-corrected chi connectivity index (χ0v) is 13.5. The Balaban J connectivity index is 1.90. The van der Waals surface area contributed by atoms with E-state index in [0.29, 0.717) is 0 Å². The van der Waals surface area contributed by atoms with E-state index >= 15 is 0 Å². The smallest absolute Gasteiger partial charge is 0.0585 e. The Bertz CT molecular complexity index is 641. The third-order valence-electron chi connectivity index (χ3n) is 6.56. The summed E-state index contributed by atoms with van der Waals surface area (Å²) in [4.78, 5) is 0. The van der Waals surface area contributed by atoms with E-state index in [4.69, 9.17) is 0 Å². The molecule has 3 atom stereocenters. The van der Waals surface area contributed by atoms with Crippen molar-refractivity contribution in [3.63, 3.8) is 0 Å². The predicted octanol–water partition coefficient (Wildman–Crippen LogP) is 4.45. The number of hydrogen-bond donors (Lipinski definition) is 1. The first-order chi connectivity index (χ1) is 9.92. The van der Waals surface area contributed by atoms with Crippen LogP contribution in [-0.4, -0.2) is 11.2 Å². The van der Waals surface area contributed by atoms with Crippen LogP contribution in [0.3, 0.4) is 0 Å². The molecule has 0 radical (unpaired) electrons. The largest absolute Gasteiger partial charge is 0.393 e. The van der Waals surface area contributed by atoms with E-state index < -0.39 is 0 Å². The fourth-order valence-corrected chi connectivity index (χ4v) is 5.40. The summed E-state index contributed by atoms with van der Waals surface area (Å²) in [5, 5.41) is 10.2. The maximum Gasteiger partial charge on any atom is 0.0585 e. The summed E-state index contributed by atoms with van der Waals surface area (Å²) in [7, 11) is 0. The molecule has 1 fully saturated rings. The average molecular weight is 282 g/mol. The van der Waals surface area contributed by atoms with Crippen molar-refractivity contribution < 1.29 is 5.11 Å². The highest BCUT2D eigenvalue weighted by Crippen LogP contribution is 2.59. The van der Waals surface area contributed by atoms with Crippen LogP contribution < -0.4 is 0 Å². The predicted molar refractivity (Wildman–Crippen MR) is 86.5 cm³/mol. The fraction of sp³-hybridized carbons (Fsp3) is 0.600. The number of aliphatic hydroxyl groups is 1. The molecule has 0 aromatic heterocycles. The molecule has 3 aliphatic rings. The first kappa shape index (κ1) is 13.6. The van der Waals surface area contributed by atoms with Crippen LogP contribution in [0.15, 0.2) is 29.3 Å². The van der Waals surface area contributed by atoms with Gasteiger partial charge < -0.3 is 5.11 Å². The van der Waals surface area contributed by atoms with E-state index in [9.17, 15) is 5.11 Å². The quantitative estimate of drug-likeness (QED) is 0.697. The van der Waals surface area contributed by atoms with Gasteiger partial charge in [-0.1, -0.05) is 48.8 Å². The second kappa shape index (κ2) is 4.23. The maximum absolute atomic E-state index is 10.2. The van der Waals surface area contributed by atoms with Crippen molar-refractivity contribution in [1.82, 2.24) is 0 Å². The fourth-order valence-electron chi connectivity index (χ4n) is 5.40. The summed E-state index contributed by atoms with van der Waals surface area (Å²) in [6.07, 6.45) is 6.63. The molecular formula is C20H26O. The van der Waals surface area contributed by atoms with Gasteiger partial charge in [0.05, 0.1) is 6.10 Å². The van der Waals surface area contributed by atoms with Gasteiger partial charge in [-0.25, -0.2) is 0 Å². The van der Waals surface area contributed by atoms with Gasteiger partial charge in [-0.2, -0.15) is 0 Å². The van der Waals surface area contributed by atoms with Crippen LogP contribution in [0.1, 0.15) is 62.6 Å². The SMILES string of the molecule is Cc1ccc2c(c1)CCC1=C3C[C@H](O)C[C@]3(C)CC[C@]12C. The van der Waals surface area contributed by atoms with Gasteiger partial charge in [0.25, 0.3) is 0 Å². The average Bonchev–Trinajstić information content (AvgIpc) is 2.73. The third kappa shape index (κ3) is 1.80. The number of aryl methyl sites for hydroxylation is 2. The standard InChI is InChI=1S/C20H26O/c1-13-4-6-16-14(10-13)5-7-17-18-11-15(21)12-19(18,2)8-9-20(16,17)3/h4,6,10,15,21H,5,7-9,11-12H2,1-3H3/t15-,19-,20-/m0/s1. The highest BCUT2D eigenvalue weighted by atomic mass is 16.3. The lowest BCUT2D eigenvalue weighted by Gasteiger charge is -2.48. The molecule has 1 nitrogen and oxygen atoms in total. The zero-order valence-electron chi connectivity index (χ0n) is 13.5. The Morgan fingerprint density at radius 1 is 1.10 bits per heavy atom. The lowest BCUT2D eigenvalue weighted by molar-refractivity contribution is 0.157. The number of rotatable bonds is 0. The number of allylic oxidation sites excluding steroid dienone is 1. The van der Waals surface area contributed by atoms with Gasteiger partial charge in [-0.3, -0.25) is 0 Å². The molecule has 0 aliphatic heterocycles. The van der Waals surface area contributed by atoms with Crippen molar-refractivity contribution in [3.8, 4) is 0 Å². The molecule has 21 heavy (non-hydrogen) atoms. The molecule has 1 N–H and O–H groups in total. The van der Waals surface area contributed by atoms with Crippen LogP contribution in [0.25, 0.3) is 0 Å². The van der Waals surface area contributed by atoms with Crippen molar-refractivity contribution >= 4 is 0 Å². The van der Waals surface area contributed by atoms with Crippen LogP contribution in [0.5, 0.6) is 0 Å². The molecule has 1 aromatic rings. The lowest BCUT2D eigenvalue weighted by Crippen LogP contribution is -2.38. The molecule has 0 amide bonds. The molecule has 0 spiro atoms. The Kier molecular flexibility index (Phi) is 2.73. The first-order valence-electron chi connectivity index (χ1n) is 8.43. The van der Waals surface area contributed by atoms with Crippen molar-refractivity contribution in [2.75, 3.05) is 0 Å². The first-order valence-corrected chi connectivity index (χ1v) is 8.43. The summed E-state index contributed by atoms with van der Waals surface area (Å²) in [5.41, 5.74) is 8.27. The molecule has 0 bridgehead atoms. The van der Waals surface area contributed by atoms with Crippen LogP contribution in [0.2, 0.25) is 0 Å². The van der Waals surface area contributed by atoms with Gasteiger partial charge in [0.2, 0.25) is 0 Å². The van der Waals surface area contributed by atoms with Crippen LogP contribution in [0.4, 0.5) is 0 Å². The Morgan fingerprint density at radius 2 is 1.90 bits per heavy atom. The van der Waals surface area contributed by atoms with E-state index in [0.717, 1.165) is 12.8 Å². The molecule has 0 heterocycles. The summed E-state index contributed by atoms with van der Waals surface area (Å²) in [6.45, 7) is 7.03.